The molecule has 0 spiro atoms. The first kappa shape index (κ1) is 11.6. The molecule has 0 aliphatic rings. The molecule has 0 aliphatic heterocycles. The fourth-order valence-corrected chi connectivity index (χ4v) is 1.20. The molecule has 0 fully saturated rings. The summed E-state index contributed by atoms with van der Waals surface area (Å²) in [6, 6.07) is 7.48. The number of anilines is 1. The molecule has 0 aromatic heterocycles. The first-order chi connectivity index (χ1) is 7.33. The highest BCUT2D eigenvalue weighted by Gasteiger charge is 1.93. The van der Waals surface area contributed by atoms with Gasteiger partial charge in [0.2, 0.25) is 0 Å². The summed E-state index contributed by atoms with van der Waals surface area (Å²) < 4.78 is 5.52. The summed E-state index contributed by atoms with van der Waals surface area (Å²) in [5.74, 6) is 0.832. The molecule has 3 heteroatoms. The largest absolute Gasteiger partial charge is 0.493 e. The fraction of sp³-hybridized carbons (Fsp3) is 0.333. The lowest BCUT2D eigenvalue weighted by Gasteiger charge is -2.06. The minimum Gasteiger partial charge on any atom is -0.493 e. The van der Waals surface area contributed by atoms with Crippen molar-refractivity contribution in [3.8, 4) is 5.75 Å². The van der Waals surface area contributed by atoms with E-state index in [4.69, 9.17) is 10.5 Å². The number of hydrogen-bond acceptors (Lipinski definition) is 3. The van der Waals surface area contributed by atoms with Crippen molar-refractivity contribution in [2.75, 3.05) is 25.4 Å². The van der Waals surface area contributed by atoms with Gasteiger partial charge in [-0.3, -0.25) is 0 Å². The maximum atomic E-state index is 5.63. The highest BCUT2D eigenvalue weighted by atomic mass is 16.5. The van der Waals surface area contributed by atoms with Crippen molar-refractivity contribution in [2.45, 2.75) is 6.42 Å². The van der Waals surface area contributed by atoms with Crippen LogP contribution in [0.25, 0.3) is 0 Å². The van der Waals surface area contributed by atoms with Crippen LogP contribution >= 0.6 is 0 Å². The Balaban J connectivity index is 2.12. The number of nitrogen functional groups attached to an aromatic ring is 1. The summed E-state index contributed by atoms with van der Waals surface area (Å²) >= 11 is 0. The summed E-state index contributed by atoms with van der Waals surface area (Å²) in [6.45, 7) is 6.11. The smallest absolute Gasteiger partial charge is 0.121 e. The topological polar surface area (TPSA) is 47.3 Å². The van der Waals surface area contributed by atoms with Crippen molar-refractivity contribution < 1.29 is 4.74 Å². The molecule has 82 valence electrons. The van der Waals surface area contributed by atoms with Crippen molar-refractivity contribution in [3.63, 3.8) is 0 Å². The Labute approximate surface area is 90.9 Å². The molecule has 1 rings (SSSR count). The van der Waals surface area contributed by atoms with Gasteiger partial charge in [-0.25, -0.2) is 0 Å². The molecule has 3 N–H and O–H groups in total. The Bertz CT molecular complexity index is 299. The van der Waals surface area contributed by atoms with Crippen LogP contribution in [0.2, 0.25) is 0 Å². The van der Waals surface area contributed by atoms with E-state index in [2.05, 4.69) is 11.9 Å². The van der Waals surface area contributed by atoms with Crippen LogP contribution in [-0.4, -0.2) is 19.7 Å². The molecular weight excluding hydrogens is 188 g/mol. The number of hydrogen-bond donors (Lipinski definition) is 2. The predicted molar refractivity (Wildman–Crippen MR) is 64.0 cm³/mol. The van der Waals surface area contributed by atoms with Gasteiger partial charge in [0, 0.05) is 18.3 Å². The van der Waals surface area contributed by atoms with E-state index in [0.29, 0.717) is 6.61 Å². The van der Waals surface area contributed by atoms with Crippen LogP contribution in [0.15, 0.2) is 36.9 Å². The van der Waals surface area contributed by atoms with E-state index in [1.54, 1.807) is 0 Å². The number of nitrogens with one attached hydrogen (secondary N) is 1. The SMILES string of the molecule is C=CCNCCCOc1cccc(N)c1. The molecular formula is C12H18N2O. The first-order valence-corrected chi connectivity index (χ1v) is 5.13. The summed E-state index contributed by atoms with van der Waals surface area (Å²) in [4.78, 5) is 0. The normalized spacial score (nSPS) is 9.87. The monoisotopic (exact) mass is 206 g/mol. The lowest BCUT2D eigenvalue weighted by Crippen LogP contribution is -2.17. The van der Waals surface area contributed by atoms with E-state index in [9.17, 15) is 0 Å². The van der Waals surface area contributed by atoms with E-state index in [1.807, 2.05) is 30.3 Å². The molecule has 0 atom stereocenters. The minimum absolute atomic E-state index is 0.702. The second kappa shape index (κ2) is 6.90. The summed E-state index contributed by atoms with van der Waals surface area (Å²) in [7, 11) is 0. The lowest BCUT2D eigenvalue weighted by molar-refractivity contribution is 0.309. The standard InChI is InChI=1S/C12H18N2O/c1-2-7-14-8-4-9-15-12-6-3-5-11(13)10-12/h2-3,5-6,10,14H,1,4,7-9,13H2. The maximum absolute atomic E-state index is 5.63. The molecule has 0 heterocycles. The predicted octanol–water partition coefficient (Wildman–Crippen LogP) is 1.81. The van der Waals surface area contributed by atoms with Crippen molar-refractivity contribution in [1.82, 2.24) is 5.32 Å². The third kappa shape index (κ3) is 5.08. The van der Waals surface area contributed by atoms with Gasteiger partial charge in [0.1, 0.15) is 5.75 Å². The van der Waals surface area contributed by atoms with Crippen molar-refractivity contribution >= 4 is 5.69 Å². The molecule has 15 heavy (non-hydrogen) atoms. The highest BCUT2D eigenvalue weighted by Crippen LogP contribution is 2.14. The van der Waals surface area contributed by atoms with Crippen LogP contribution < -0.4 is 15.8 Å². The van der Waals surface area contributed by atoms with E-state index in [-0.39, 0.29) is 0 Å². The van der Waals surface area contributed by atoms with Gasteiger partial charge in [-0.05, 0) is 25.1 Å². The van der Waals surface area contributed by atoms with E-state index in [1.165, 1.54) is 0 Å². The summed E-state index contributed by atoms with van der Waals surface area (Å²) in [6.07, 6.45) is 2.82. The van der Waals surface area contributed by atoms with Crippen LogP contribution in [-0.2, 0) is 0 Å². The fourth-order valence-electron chi connectivity index (χ4n) is 1.20. The maximum Gasteiger partial charge on any atom is 0.121 e. The van der Waals surface area contributed by atoms with E-state index >= 15 is 0 Å². The summed E-state index contributed by atoms with van der Waals surface area (Å²) in [5.41, 5.74) is 6.36. The van der Waals surface area contributed by atoms with Crippen LogP contribution in [0.5, 0.6) is 5.75 Å². The minimum atomic E-state index is 0.702. The zero-order valence-corrected chi connectivity index (χ0v) is 8.91. The average molecular weight is 206 g/mol. The molecule has 0 amide bonds. The molecule has 1 aromatic rings. The van der Waals surface area contributed by atoms with E-state index in [0.717, 1.165) is 30.9 Å². The van der Waals surface area contributed by atoms with Gasteiger partial charge in [0.15, 0.2) is 0 Å². The van der Waals surface area contributed by atoms with E-state index < -0.39 is 0 Å². The van der Waals surface area contributed by atoms with Gasteiger partial charge >= 0.3 is 0 Å². The van der Waals surface area contributed by atoms with Gasteiger partial charge in [-0.1, -0.05) is 12.1 Å². The van der Waals surface area contributed by atoms with Crippen molar-refractivity contribution in [2.24, 2.45) is 0 Å². The quantitative estimate of drug-likeness (QED) is 0.406. The Morgan fingerprint density at radius 1 is 1.47 bits per heavy atom. The molecule has 1 aromatic carbocycles. The Morgan fingerprint density at radius 3 is 3.07 bits per heavy atom. The number of ether oxygens (including phenoxy) is 1. The molecule has 0 saturated heterocycles. The van der Waals surface area contributed by atoms with Crippen LogP contribution in [0, 0.1) is 0 Å². The Morgan fingerprint density at radius 2 is 2.33 bits per heavy atom. The zero-order chi connectivity index (χ0) is 10.9. The van der Waals surface area contributed by atoms with Gasteiger partial charge in [-0.15, -0.1) is 6.58 Å². The van der Waals surface area contributed by atoms with Crippen LogP contribution in [0.1, 0.15) is 6.42 Å². The number of rotatable bonds is 7. The van der Waals surface area contributed by atoms with Crippen molar-refractivity contribution in [1.29, 1.82) is 0 Å². The third-order valence-corrected chi connectivity index (χ3v) is 1.91. The van der Waals surface area contributed by atoms with Crippen molar-refractivity contribution in [3.05, 3.63) is 36.9 Å². The average Bonchev–Trinajstić information content (AvgIpc) is 2.23. The number of nitrogens with two attached hydrogens (primary N) is 1. The molecule has 0 bridgehead atoms. The summed E-state index contributed by atoms with van der Waals surface area (Å²) in [5, 5.41) is 3.21. The van der Waals surface area contributed by atoms with Crippen LogP contribution in [0.3, 0.4) is 0 Å². The molecule has 0 radical (unpaired) electrons. The first-order valence-electron chi connectivity index (χ1n) is 5.13. The zero-order valence-electron chi connectivity index (χ0n) is 8.91. The van der Waals surface area contributed by atoms with Gasteiger partial charge < -0.3 is 15.8 Å². The van der Waals surface area contributed by atoms with Gasteiger partial charge in [0.25, 0.3) is 0 Å². The highest BCUT2D eigenvalue weighted by molar-refractivity contribution is 5.43. The van der Waals surface area contributed by atoms with Gasteiger partial charge in [0.05, 0.1) is 6.61 Å². The van der Waals surface area contributed by atoms with Crippen LogP contribution in [0.4, 0.5) is 5.69 Å². The van der Waals surface area contributed by atoms with Gasteiger partial charge in [-0.2, -0.15) is 0 Å². The number of benzene rings is 1. The molecule has 0 aliphatic carbocycles. The lowest BCUT2D eigenvalue weighted by atomic mass is 10.3. The molecule has 0 unspecified atom stereocenters. The second-order valence-corrected chi connectivity index (χ2v) is 3.27. The Hall–Kier alpha value is -1.48. The second-order valence-electron chi connectivity index (χ2n) is 3.27. The Kier molecular flexibility index (Phi) is 5.33. The molecule has 3 nitrogen and oxygen atoms in total. The third-order valence-electron chi connectivity index (χ3n) is 1.91. The molecule has 0 saturated carbocycles.